The molecule has 14 heavy (non-hydrogen) atoms. The number of nitrogens with one attached hydrogen (secondary N) is 1. The number of aromatic nitrogens is 2. The summed E-state index contributed by atoms with van der Waals surface area (Å²) in [5, 5.41) is 0. The van der Waals surface area contributed by atoms with Crippen molar-refractivity contribution in [3.8, 4) is 0 Å². The Balaban J connectivity index is 2.99. The van der Waals surface area contributed by atoms with Crippen LogP contribution in [0.3, 0.4) is 0 Å². The van der Waals surface area contributed by atoms with Gasteiger partial charge in [-0.3, -0.25) is 4.79 Å². The zero-order chi connectivity index (χ0) is 10.7. The molecule has 0 aromatic carbocycles. The first-order valence-electron chi connectivity index (χ1n) is 3.63. The highest BCUT2D eigenvalue weighted by Crippen LogP contribution is 2.11. The fourth-order valence-electron chi connectivity index (χ4n) is 0.807. The third-order valence-corrected chi connectivity index (χ3v) is 1.66. The van der Waals surface area contributed by atoms with Crippen LogP contribution in [0.2, 0.25) is 0 Å². The molecule has 6 heteroatoms. The van der Waals surface area contributed by atoms with Crippen LogP contribution in [0.15, 0.2) is 17.1 Å². The minimum atomic E-state index is -0.683. The number of nitrogens with zero attached hydrogens (tertiary/aromatic N) is 1. The Morgan fingerprint density at radius 3 is 2.86 bits per heavy atom. The van der Waals surface area contributed by atoms with E-state index >= 15 is 0 Å². The first kappa shape index (κ1) is 10.6. The van der Waals surface area contributed by atoms with Crippen LogP contribution < -0.4 is 0 Å². The maximum Gasteiger partial charge on any atom is 0.362 e. The maximum atomic E-state index is 11.3. The molecule has 0 aliphatic carbocycles. The van der Waals surface area contributed by atoms with Gasteiger partial charge in [-0.15, -0.1) is 0 Å². The third kappa shape index (κ3) is 2.29. The number of allylic oxidation sites excluding steroid dienone is 1. The Labute approximate surface area is 88.3 Å². The van der Waals surface area contributed by atoms with Crippen LogP contribution in [0.25, 0.3) is 0 Å². The molecule has 0 aliphatic heterocycles. The van der Waals surface area contributed by atoms with Gasteiger partial charge in [0.05, 0.1) is 5.76 Å². The number of hydrogen-bond acceptors (Lipinski definition) is 4. The molecule has 1 aromatic rings. The summed E-state index contributed by atoms with van der Waals surface area (Å²) in [6.07, 6.45) is 0.469. The number of ether oxygens (including phenoxy) is 1. The van der Waals surface area contributed by atoms with Gasteiger partial charge in [0.15, 0.2) is 16.7 Å². The second kappa shape index (κ2) is 4.19. The van der Waals surface area contributed by atoms with Crippen LogP contribution in [0.4, 0.5) is 0 Å². The number of halogens is 1. The summed E-state index contributed by atoms with van der Waals surface area (Å²) in [5.74, 6) is -0.435. The Morgan fingerprint density at radius 2 is 2.36 bits per heavy atom. The predicted octanol–water partition coefficient (Wildman–Crippen LogP) is 1.68. The normalized spacial score (nSPS) is 9.57. The lowest BCUT2D eigenvalue weighted by molar-refractivity contribution is 0.0619. The van der Waals surface area contributed by atoms with Crippen molar-refractivity contribution in [3.05, 3.63) is 28.5 Å². The molecule has 1 N–H and O–H groups in total. The van der Waals surface area contributed by atoms with E-state index in [0.29, 0.717) is 11.0 Å². The molecule has 0 amide bonds. The largest absolute Gasteiger partial charge is 0.427 e. The van der Waals surface area contributed by atoms with E-state index in [4.69, 9.17) is 4.74 Å². The minimum absolute atomic E-state index is 0.00289. The van der Waals surface area contributed by atoms with Crippen molar-refractivity contribution < 1.29 is 14.3 Å². The first-order valence-corrected chi connectivity index (χ1v) is 4.42. The monoisotopic (exact) mass is 258 g/mol. The van der Waals surface area contributed by atoms with Gasteiger partial charge in [0.2, 0.25) is 0 Å². The SMILES string of the molecule is C=C(C)OC(=O)c1[nH]c(Br)nc1C=O. The van der Waals surface area contributed by atoms with Gasteiger partial charge in [-0.1, -0.05) is 6.58 Å². The number of rotatable bonds is 3. The standard InChI is InChI=1S/C8H7BrN2O3/c1-4(2)14-7(13)6-5(3-12)10-8(9)11-6/h3H,1H2,2H3,(H,10,11). The van der Waals surface area contributed by atoms with Gasteiger partial charge in [-0.25, -0.2) is 9.78 Å². The lowest BCUT2D eigenvalue weighted by Crippen LogP contribution is -2.06. The number of carbonyl (C=O) groups is 2. The second-order valence-electron chi connectivity index (χ2n) is 2.50. The lowest BCUT2D eigenvalue weighted by atomic mass is 10.3. The molecule has 0 radical (unpaired) electrons. The van der Waals surface area contributed by atoms with E-state index in [1.807, 2.05) is 0 Å². The molecule has 1 aromatic heterocycles. The Kier molecular flexibility index (Phi) is 3.19. The molecule has 74 valence electrons. The van der Waals surface area contributed by atoms with Gasteiger partial charge in [0, 0.05) is 0 Å². The van der Waals surface area contributed by atoms with Gasteiger partial charge in [-0.2, -0.15) is 0 Å². The summed E-state index contributed by atoms with van der Waals surface area (Å²) in [7, 11) is 0. The third-order valence-electron chi connectivity index (χ3n) is 1.29. The first-order chi connectivity index (χ1) is 6.54. The van der Waals surface area contributed by atoms with Crippen LogP contribution in [0, 0.1) is 0 Å². The van der Waals surface area contributed by atoms with Crippen LogP contribution in [-0.2, 0) is 4.74 Å². The Morgan fingerprint density at radius 1 is 1.71 bits per heavy atom. The van der Waals surface area contributed by atoms with E-state index in [-0.39, 0.29) is 17.1 Å². The smallest absolute Gasteiger partial charge is 0.362 e. The highest BCUT2D eigenvalue weighted by Gasteiger charge is 2.17. The number of imidazole rings is 1. The summed E-state index contributed by atoms with van der Waals surface area (Å²) < 4.78 is 5.01. The summed E-state index contributed by atoms with van der Waals surface area (Å²) in [6, 6.07) is 0. The van der Waals surface area contributed by atoms with Crippen molar-refractivity contribution in [1.82, 2.24) is 9.97 Å². The van der Waals surface area contributed by atoms with Crippen LogP contribution in [-0.4, -0.2) is 22.2 Å². The van der Waals surface area contributed by atoms with Gasteiger partial charge in [0.1, 0.15) is 5.69 Å². The summed E-state index contributed by atoms with van der Waals surface area (Å²) in [5.41, 5.74) is 0.0120. The molecule has 0 unspecified atom stereocenters. The molecule has 0 aliphatic rings. The molecular weight excluding hydrogens is 252 g/mol. The molecule has 0 saturated carbocycles. The van der Waals surface area contributed by atoms with Gasteiger partial charge < -0.3 is 9.72 Å². The Bertz CT molecular complexity index is 397. The average Bonchev–Trinajstić information content (AvgIpc) is 2.45. The van der Waals surface area contributed by atoms with Crippen LogP contribution in [0.5, 0.6) is 0 Å². The molecule has 0 bridgehead atoms. The van der Waals surface area contributed by atoms with Crippen molar-refractivity contribution in [2.45, 2.75) is 6.92 Å². The minimum Gasteiger partial charge on any atom is -0.427 e. The number of H-pyrrole nitrogens is 1. The summed E-state index contributed by atoms with van der Waals surface area (Å²) in [6.45, 7) is 4.94. The lowest BCUT2D eigenvalue weighted by Gasteiger charge is -1.99. The Hall–Kier alpha value is -1.43. The predicted molar refractivity (Wildman–Crippen MR) is 51.9 cm³/mol. The van der Waals surface area contributed by atoms with E-state index in [9.17, 15) is 9.59 Å². The number of hydrogen-bond donors (Lipinski definition) is 1. The highest BCUT2D eigenvalue weighted by molar-refractivity contribution is 9.10. The molecule has 0 fully saturated rings. The topological polar surface area (TPSA) is 72.1 Å². The van der Waals surface area contributed by atoms with E-state index < -0.39 is 5.97 Å². The van der Waals surface area contributed by atoms with E-state index in [2.05, 4.69) is 32.5 Å². The number of esters is 1. The number of carbonyl (C=O) groups excluding carboxylic acids is 2. The second-order valence-corrected chi connectivity index (χ2v) is 3.25. The van der Waals surface area contributed by atoms with Gasteiger partial charge in [-0.05, 0) is 22.9 Å². The molecule has 1 heterocycles. The molecule has 0 atom stereocenters. The molecule has 1 rings (SSSR count). The summed E-state index contributed by atoms with van der Waals surface area (Å²) >= 11 is 3.00. The van der Waals surface area contributed by atoms with Crippen molar-refractivity contribution in [1.29, 1.82) is 0 Å². The zero-order valence-electron chi connectivity index (χ0n) is 7.33. The van der Waals surface area contributed by atoms with Crippen molar-refractivity contribution in [3.63, 3.8) is 0 Å². The number of aromatic amines is 1. The number of aldehydes is 1. The van der Waals surface area contributed by atoms with Crippen molar-refractivity contribution in [2.24, 2.45) is 0 Å². The highest BCUT2D eigenvalue weighted by atomic mass is 79.9. The molecular formula is C8H7BrN2O3. The van der Waals surface area contributed by atoms with Crippen molar-refractivity contribution >= 4 is 28.2 Å². The van der Waals surface area contributed by atoms with E-state index in [0.717, 1.165) is 0 Å². The fourth-order valence-corrected chi connectivity index (χ4v) is 1.20. The molecule has 5 nitrogen and oxygen atoms in total. The van der Waals surface area contributed by atoms with E-state index in [1.54, 1.807) is 0 Å². The van der Waals surface area contributed by atoms with Crippen molar-refractivity contribution in [2.75, 3.05) is 0 Å². The average molecular weight is 259 g/mol. The quantitative estimate of drug-likeness (QED) is 0.509. The summed E-state index contributed by atoms with van der Waals surface area (Å²) in [4.78, 5) is 28.1. The van der Waals surface area contributed by atoms with Crippen LogP contribution >= 0.6 is 15.9 Å². The molecule has 0 saturated heterocycles. The van der Waals surface area contributed by atoms with Gasteiger partial charge >= 0.3 is 5.97 Å². The van der Waals surface area contributed by atoms with E-state index in [1.165, 1.54) is 6.92 Å². The zero-order valence-corrected chi connectivity index (χ0v) is 8.92. The molecule has 0 spiro atoms. The maximum absolute atomic E-state index is 11.3. The van der Waals surface area contributed by atoms with Gasteiger partial charge in [0.25, 0.3) is 0 Å². The van der Waals surface area contributed by atoms with Crippen LogP contribution in [0.1, 0.15) is 27.9 Å². The fraction of sp³-hybridized carbons (Fsp3) is 0.125.